The van der Waals surface area contributed by atoms with Gasteiger partial charge in [-0.15, -0.1) is 0 Å². The van der Waals surface area contributed by atoms with Gasteiger partial charge in [-0.3, -0.25) is 9.59 Å². The molecule has 0 bridgehead atoms. The van der Waals surface area contributed by atoms with Crippen molar-refractivity contribution in [2.45, 2.75) is 25.7 Å². The van der Waals surface area contributed by atoms with Crippen LogP contribution in [0.4, 0.5) is 0 Å². The molecule has 0 unspecified atom stereocenters. The van der Waals surface area contributed by atoms with E-state index in [2.05, 4.69) is 0 Å². The van der Waals surface area contributed by atoms with Crippen molar-refractivity contribution in [1.29, 1.82) is 0 Å². The number of carbonyl (C=O) groups excluding carboxylic acids is 2. The van der Waals surface area contributed by atoms with Crippen molar-refractivity contribution in [2.24, 2.45) is 0 Å². The molecule has 0 heterocycles. The van der Waals surface area contributed by atoms with E-state index in [1.807, 2.05) is 85.0 Å². The Labute approximate surface area is 170 Å². The van der Waals surface area contributed by atoms with Crippen LogP contribution in [0.2, 0.25) is 0 Å². The van der Waals surface area contributed by atoms with Gasteiger partial charge in [-0.1, -0.05) is 72.8 Å². The van der Waals surface area contributed by atoms with Crippen molar-refractivity contribution in [1.82, 2.24) is 0 Å². The zero-order valence-corrected chi connectivity index (χ0v) is 16.1. The molecule has 3 heteroatoms. The quantitative estimate of drug-likeness (QED) is 0.702. The predicted molar refractivity (Wildman–Crippen MR) is 113 cm³/mol. The fraction of sp³-hybridized carbons (Fsp3) is 0.154. The van der Waals surface area contributed by atoms with E-state index in [0.29, 0.717) is 48.3 Å². The number of rotatable bonds is 6. The maximum atomic E-state index is 12.6. The molecule has 2 aromatic rings. The minimum Gasteiger partial charge on any atom is -0.457 e. The summed E-state index contributed by atoms with van der Waals surface area (Å²) in [5.41, 5.74) is 3.41. The van der Waals surface area contributed by atoms with Crippen LogP contribution < -0.4 is 0 Å². The fourth-order valence-corrected chi connectivity index (χ4v) is 3.55. The van der Waals surface area contributed by atoms with Crippen LogP contribution in [0, 0.1) is 0 Å². The van der Waals surface area contributed by atoms with Gasteiger partial charge in [0.15, 0.2) is 11.6 Å². The van der Waals surface area contributed by atoms with Gasteiger partial charge in [-0.25, -0.2) is 0 Å². The molecule has 2 aliphatic rings. The SMILES string of the molecule is O=C1CC=CC(OC2=C(Cc3ccccc3)C(=O)CC=C2)=C1Cc1ccccc1. The average Bonchev–Trinajstić information content (AvgIpc) is 2.74. The van der Waals surface area contributed by atoms with Crippen molar-refractivity contribution < 1.29 is 14.3 Å². The number of allylic oxidation sites excluding steroid dienone is 6. The van der Waals surface area contributed by atoms with Crippen LogP contribution in [0.3, 0.4) is 0 Å². The normalized spacial score (nSPS) is 16.6. The molecular weight excluding hydrogens is 360 g/mol. The zero-order valence-electron chi connectivity index (χ0n) is 16.1. The Hall–Kier alpha value is -3.46. The third kappa shape index (κ3) is 4.52. The van der Waals surface area contributed by atoms with Gasteiger partial charge in [0.05, 0.1) is 0 Å². The van der Waals surface area contributed by atoms with E-state index in [4.69, 9.17) is 4.74 Å². The first-order valence-corrected chi connectivity index (χ1v) is 9.82. The van der Waals surface area contributed by atoms with Crippen LogP contribution in [-0.4, -0.2) is 11.6 Å². The smallest absolute Gasteiger partial charge is 0.166 e. The highest BCUT2D eigenvalue weighted by molar-refractivity contribution is 6.00. The molecule has 4 rings (SSSR count). The molecule has 0 N–H and O–H groups in total. The Morgan fingerprint density at radius 3 is 1.45 bits per heavy atom. The van der Waals surface area contributed by atoms with E-state index in [1.165, 1.54) is 0 Å². The average molecular weight is 382 g/mol. The highest BCUT2D eigenvalue weighted by Crippen LogP contribution is 2.28. The van der Waals surface area contributed by atoms with Crippen LogP contribution in [0.5, 0.6) is 0 Å². The summed E-state index contributed by atoms with van der Waals surface area (Å²) in [5.74, 6) is 1.18. The number of hydrogen-bond acceptors (Lipinski definition) is 3. The van der Waals surface area contributed by atoms with Gasteiger partial charge in [0, 0.05) is 36.8 Å². The van der Waals surface area contributed by atoms with Gasteiger partial charge in [-0.2, -0.15) is 0 Å². The van der Waals surface area contributed by atoms with Gasteiger partial charge in [0.1, 0.15) is 11.5 Å². The third-order valence-electron chi connectivity index (χ3n) is 5.08. The van der Waals surface area contributed by atoms with E-state index < -0.39 is 0 Å². The van der Waals surface area contributed by atoms with E-state index in [-0.39, 0.29) is 11.6 Å². The summed E-state index contributed by atoms with van der Waals surface area (Å²) in [6.45, 7) is 0. The molecular formula is C26H22O3. The minimum atomic E-state index is 0.0580. The van der Waals surface area contributed by atoms with Gasteiger partial charge < -0.3 is 4.74 Å². The van der Waals surface area contributed by atoms with Crippen LogP contribution in [0.15, 0.2) is 108 Å². The lowest BCUT2D eigenvalue weighted by Crippen LogP contribution is -2.16. The molecule has 0 saturated heterocycles. The second kappa shape index (κ2) is 8.70. The number of benzene rings is 2. The molecule has 0 atom stereocenters. The first-order chi connectivity index (χ1) is 14.2. The van der Waals surface area contributed by atoms with Crippen molar-refractivity contribution in [3.05, 3.63) is 119 Å². The van der Waals surface area contributed by atoms with Crippen LogP contribution in [0.1, 0.15) is 24.0 Å². The standard InChI is InChI=1S/C26H22O3/c27-23-13-7-15-25(21(23)17-19-9-3-1-4-10-19)29-26-16-8-14-24(28)22(26)18-20-11-5-2-6-12-20/h1-12,15-16H,13-14,17-18H2. The summed E-state index contributed by atoms with van der Waals surface area (Å²) in [6.07, 6.45) is 9.10. The Bertz CT molecular complexity index is 952. The fourth-order valence-electron chi connectivity index (χ4n) is 3.55. The van der Waals surface area contributed by atoms with Crippen molar-refractivity contribution in [3.8, 4) is 0 Å². The van der Waals surface area contributed by atoms with Gasteiger partial charge >= 0.3 is 0 Å². The lowest BCUT2D eigenvalue weighted by Gasteiger charge is -2.20. The highest BCUT2D eigenvalue weighted by atomic mass is 16.5. The molecule has 0 saturated carbocycles. The van der Waals surface area contributed by atoms with E-state index in [0.717, 1.165) is 11.1 Å². The summed E-state index contributed by atoms with van der Waals surface area (Å²) in [6, 6.07) is 19.8. The Kier molecular flexibility index (Phi) is 5.66. The maximum absolute atomic E-state index is 12.6. The number of ether oxygens (including phenoxy) is 1. The first-order valence-electron chi connectivity index (χ1n) is 9.82. The Morgan fingerprint density at radius 1 is 0.621 bits per heavy atom. The molecule has 0 fully saturated rings. The van der Waals surface area contributed by atoms with Crippen molar-refractivity contribution in [2.75, 3.05) is 0 Å². The van der Waals surface area contributed by atoms with Gasteiger partial charge in [0.2, 0.25) is 0 Å². The topological polar surface area (TPSA) is 43.4 Å². The zero-order chi connectivity index (χ0) is 20.1. The molecule has 29 heavy (non-hydrogen) atoms. The second-order valence-corrected chi connectivity index (χ2v) is 7.17. The third-order valence-corrected chi connectivity index (χ3v) is 5.08. The summed E-state index contributed by atoms with van der Waals surface area (Å²) >= 11 is 0. The molecule has 144 valence electrons. The molecule has 2 aliphatic carbocycles. The monoisotopic (exact) mass is 382 g/mol. The minimum absolute atomic E-state index is 0.0580. The van der Waals surface area contributed by atoms with E-state index in [9.17, 15) is 9.59 Å². The van der Waals surface area contributed by atoms with Crippen molar-refractivity contribution >= 4 is 11.6 Å². The summed E-state index contributed by atoms with van der Waals surface area (Å²) in [7, 11) is 0. The van der Waals surface area contributed by atoms with Crippen LogP contribution in [0.25, 0.3) is 0 Å². The van der Waals surface area contributed by atoms with E-state index >= 15 is 0 Å². The summed E-state index contributed by atoms with van der Waals surface area (Å²) < 4.78 is 6.19. The number of ketones is 2. The molecule has 0 radical (unpaired) electrons. The van der Waals surface area contributed by atoms with Crippen LogP contribution >= 0.6 is 0 Å². The Balaban J connectivity index is 1.67. The molecule has 2 aromatic carbocycles. The van der Waals surface area contributed by atoms with Gasteiger partial charge in [0.25, 0.3) is 0 Å². The first kappa shape index (κ1) is 18.9. The molecule has 3 nitrogen and oxygen atoms in total. The second-order valence-electron chi connectivity index (χ2n) is 7.17. The number of hydrogen-bond donors (Lipinski definition) is 0. The lowest BCUT2D eigenvalue weighted by molar-refractivity contribution is -0.115. The summed E-state index contributed by atoms with van der Waals surface area (Å²) in [4.78, 5) is 25.2. The van der Waals surface area contributed by atoms with Crippen molar-refractivity contribution in [3.63, 3.8) is 0 Å². The highest BCUT2D eigenvalue weighted by Gasteiger charge is 2.23. The maximum Gasteiger partial charge on any atom is 0.166 e. The predicted octanol–water partition coefficient (Wildman–Crippen LogP) is 5.05. The number of Topliss-reactive ketones (excluding diaryl/α,β-unsaturated/α-hetero) is 2. The molecule has 0 amide bonds. The largest absolute Gasteiger partial charge is 0.457 e. The van der Waals surface area contributed by atoms with E-state index in [1.54, 1.807) is 0 Å². The molecule has 0 spiro atoms. The molecule has 0 aliphatic heterocycles. The lowest BCUT2D eigenvalue weighted by atomic mass is 9.94. The molecule has 0 aromatic heterocycles. The Morgan fingerprint density at radius 2 is 1.03 bits per heavy atom. The number of carbonyl (C=O) groups is 2. The van der Waals surface area contributed by atoms with Gasteiger partial charge in [-0.05, 0) is 23.3 Å². The summed E-state index contributed by atoms with van der Waals surface area (Å²) in [5, 5.41) is 0. The van der Waals surface area contributed by atoms with Crippen LogP contribution in [-0.2, 0) is 27.2 Å².